The Labute approximate surface area is 160 Å². The summed E-state index contributed by atoms with van der Waals surface area (Å²) in [5.41, 5.74) is 5.23. The van der Waals surface area contributed by atoms with Gasteiger partial charge in [-0.1, -0.05) is 51.7 Å². The van der Waals surface area contributed by atoms with E-state index in [0.29, 0.717) is 5.84 Å². The minimum absolute atomic E-state index is 0.0154. The van der Waals surface area contributed by atoms with Gasteiger partial charge in [-0.15, -0.1) is 0 Å². The van der Waals surface area contributed by atoms with E-state index in [4.69, 9.17) is 0 Å². The Kier molecular flexibility index (Phi) is 4.88. The van der Waals surface area contributed by atoms with Gasteiger partial charge >= 0.3 is 0 Å². The molecule has 3 heterocycles. The van der Waals surface area contributed by atoms with Gasteiger partial charge in [-0.3, -0.25) is 14.7 Å². The van der Waals surface area contributed by atoms with E-state index >= 15 is 0 Å². The fourth-order valence-electron chi connectivity index (χ4n) is 3.88. The van der Waals surface area contributed by atoms with Crippen LogP contribution in [-0.4, -0.2) is 16.6 Å². The number of fused-ring (bicyclic) bond motifs is 4. The van der Waals surface area contributed by atoms with Gasteiger partial charge in [-0.2, -0.15) is 0 Å². The second-order valence-corrected chi connectivity index (χ2v) is 7.31. The normalized spacial score (nSPS) is 14.7. The van der Waals surface area contributed by atoms with Gasteiger partial charge in [0.05, 0.1) is 22.6 Å². The Bertz CT molecular complexity index is 929. The maximum absolute atomic E-state index is 13.0. The van der Waals surface area contributed by atoms with Crippen molar-refractivity contribution in [2.75, 3.05) is 4.90 Å². The first kappa shape index (κ1) is 17.7. The highest BCUT2D eigenvalue weighted by Gasteiger charge is 2.38. The highest BCUT2D eigenvalue weighted by molar-refractivity contribution is 6.57. The molecular formula is C23H25N3O. The molecule has 138 valence electrons. The quantitative estimate of drug-likeness (QED) is 0.596. The number of hydrogen-bond acceptors (Lipinski definition) is 4. The second-order valence-electron chi connectivity index (χ2n) is 7.31. The largest absolute Gasteiger partial charge is 0.291 e. The lowest BCUT2D eigenvalue weighted by Gasteiger charge is -2.26. The summed E-state index contributed by atoms with van der Waals surface area (Å²) in [4.78, 5) is 23.6. The predicted molar refractivity (Wildman–Crippen MR) is 111 cm³/mol. The van der Waals surface area contributed by atoms with Crippen molar-refractivity contribution in [2.45, 2.75) is 51.9 Å². The molecule has 0 N–H and O–H groups in total. The number of Topliss-reactive ketones (excluding diaryl/α,β-unsaturated/α-hetero) is 1. The smallest absolute Gasteiger partial charge is 0.230 e. The molecule has 0 amide bonds. The number of benzene rings is 1. The summed E-state index contributed by atoms with van der Waals surface area (Å²) in [5.74, 6) is 0.434. The van der Waals surface area contributed by atoms with Crippen LogP contribution in [0.15, 0.2) is 48.2 Å². The average Bonchev–Trinajstić information content (AvgIpc) is 2.97. The van der Waals surface area contributed by atoms with E-state index in [1.54, 1.807) is 12.4 Å². The number of nitrogens with zero attached hydrogens (tertiary/aromatic N) is 3. The van der Waals surface area contributed by atoms with Crippen molar-refractivity contribution in [1.29, 1.82) is 0 Å². The van der Waals surface area contributed by atoms with Crippen LogP contribution in [-0.2, 0) is 6.42 Å². The first-order valence-electron chi connectivity index (χ1n) is 9.90. The molecule has 0 aliphatic carbocycles. The van der Waals surface area contributed by atoms with Gasteiger partial charge in [0.15, 0.2) is 5.84 Å². The molecule has 0 spiro atoms. The van der Waals surface area contributed by atoms with E-state index in [9.17, 15) is 4.79 Å². The van der Waals surface area contributed by atoms with Crippen molar-refractivity contribution in [3.8, 4) is 0 Å². The second kappa shape index (κ2) is 7.47. The number of aryl methyl sites for hydroxylation is 1. The molecule has 0 fully saturated rings. The fraction of sp³-hybridized carbons (Fsp3) is 0.348. The Morgan fingerprint density at radius 2 is 1.85 bits per heavy atom. The van der Waals surface area contributed by atoms with Gasteiger partial charge in [0, 0.05) is 18.0 Å². The molecule has 0 bridgehead atoms. The molecule has 0 atom stereocenters. The van der Waals surface area contributed by atoms with Crippen LogP contribution in [0.1, 0.15) is 66.9 Å². The number of ketones is 1. The van der Waals surface area contributed by atoms with E-state index in [1.807, 2.05) is 23.1 Å². The molecule has 2 aliphatic heterocycles. The number of hydrogen-bond donors (Lipinski definition) is 0. The van der Waals surface area contributed by atoms with Gasteiger partial charge in [0.2, 0.25) is 5.78 Å². The summed E-state index contributed by atoms with van der Waals surface area (Å²) >= 11 is 0. The van der Waals surface area contributed by atoms with Crippen LogP contribution in [0.25, 0.3) is 5.70 Å². The monoisotopic (exact) mass is 359 g/mol. The van der Waals surface area contributed by atoms with Crippen LogP contribution < -0.4 is 4.90 Å². The highest BCUT2D eigenvalue weighted by Crippen LogP contribution is 2.42. The van der Waals surface area contributed by atoms with Gasteiger partial charge in [-0.05, 0) is 36.6 Å². The Hall–Kier alpha value is -2.75. The van der Waals surface area contributed by atoms with Crippen molar-refractivity contribution in [1.82, 2.24) is 4.98 Å². The third-order valence-electron chi connectivity index (χ3n) is 5.39. The van der Waals surface area contributed by atoms with E-state index in [0.717, 1.165) is 34.6 Å². The zero-order chi connectivity index (χ0) is 18.8. The molecule has 1 aromatic carbocycles. The van der Waals surface area contributed by atoms with E-state index in [-0.39, 0.29) is 5.78 Å². The van der Waals surface area contributed by atoms with Crippen molar-refractivity contribution >= 4 is 28.7 Å². The zero-order valence-corrected chi connectivity index (χ0v) is 15.9. The highest BCUT2D eigenvalue weighted by atomic mass is 16.1. The maximum atomic E-state index is 13.0. The van der Waals surface area contributed by atoms with E-state index in [2.05, 4.69) is 29.5 Å². The number of anilines is 1. The SMILES string of the molecule is C=C1c2cnccc2N=C2C(=O)c3cc(CCCCCCCC)ccc3N12. The van der Waals surface area contributed by atoms with Crippen LogP contribution in [0.4, 0.5) is 11.4 Å². The van der Waals surface area contributed by atoms with Crippen molar-refractivity contribution < 1.29 is 4.79 Å². The minimum Gasteiger partial charge on any atom is -0.291 e. The molecule has 0 unspecified atom stereocenters. The third kappa shape index (κ3) is 3.20. The molecular weight excluding hydrogens is 334 g/mol. The van der Waals surface area contributed by atoms with Gasteiger partial charge in [0.25, 0.3) is 0 Å². The Balaban J connectivity index is 1.53. The molecule has 1 aromatic heterocycles. The zero-order valence-electron chi connectivity index (χ0n) is 15.9. The number of amidine groups is 1. The number of carbonyl (C=O) groups is 1. The fourth-order valence-corrected chi connectivity index (χ4v) is 3.88. The maximum Gasteiger partial charge on any atom is 0.230 e. The number of aromatic nitrogens is 1. The number of unbranched alkanes of at least 4 members (excludes halogenated alkanes) is 5. The number of rotatable bonds is 7. The number of pyridine rings is 1. The summed E-state index contributed by atoms with van der Waals surface area (Å²) in [5, 5.41) is 0. The lowest BCUT2D eigenvalue weighted by atomic mass is 10.0. The Morgan fingerprint density at radius 1 is 1.04 bits per heavy atom. The molecule has 0 saturated heterocycles. The summed E-state index contributed by atoms with van der Waals surface area (Å²) in [7, 11) is 0. The van der Waals surface area contributed by atoms with Crippen molar-refractivity contribution in [2.24, 2.45) is 4.99 Å². The van der Waals surface area contributed by atoms with Gasteiger partial charge < -0.3 is 0 Å². The molecule has 4 heteroatoms. The summed E-state index contributed by atoms with van der Waals surface area (Å²) in [6.45, 7) is 6.43. The minimum atomic E-state index is -0.0154. The van der Waals surface area contributed by atoms with Crippen LogP contribution in [0.2, 0.25) is 0 Å². The van der Waals surface area contributed by atoms with E-state index in [1.165, 1.54) is 44.1 Å². The molecule has 0 radical (unpaired) electrons. The summed E-state index contributed by atoms with van der Waals surface area (Å²) in [6, 6.07) is 8.04. The topological polar surface area (TPSA) is 45.6 Å². The Morgan fingerprint density at radius 3 is 2.70 bits per heavy atom. The van der Waals surface area contributed by atoms with Crippen molar-refractivity contribution in [3.05, 3.63) is 59.9 Å². The summed E-state index contributed by atoms with van der Waals surface area (Å²) < 4.78 is 0. The molecule has 0 saturated carbocycles. The number of carbonyl (C=O) groups excluding carboxylic acids is 1. The summed E-state index contributed by atoms with van der Waals surface area (Å²) in [6.07, 6.45) is 12.1. The first-order valence-corrected chi connectivity index (χ1v) is 9.90. The lowest BCUT2D eigenvalue weighted by molar-refractivity contribution is 0.106. The lowest BCUT2D eigenvalue weighted by Crippen LogP contribution is -2.30. The van der Waals surface area contributed by atoms with Crippen LogP contribution in [0.3, 0.4) is 0 Å². The first-order chi connectivity index (χ1) is 13.2. The molecule has 4 nitrogen and oxygen atoms in total. The number of aliphatic imine (C=N–C) groups is 1. The molecule has 2 aromatic rings. The van der Waals surface area contributed by atoms with Crippen molar-refractivity contribution in [3.63, 3.8) is 0 Å². The third-order valence-corrected chi connectivity index (χ3v) is 5.39. The molecule has 4 rings (SSSR count). The standard InChI is InChI=1S/C23H25N3O/c1-3-4-5-6-7-8-9-17-10-11-21-18(14-17)22(27)23-25-20-12-13-24-15-19(20)16(2)26(21)23/h10-15H,2-9H2,1H3. The van der Waals surface area contributed by atoms with Crippen LogP contribution in [0.5, 0.6) is 0 Å². The molecule has 2 aliphatic rings. The predicted octanol–water partition coefficient (Wildman–Crippen LogP) is 5.70. The van der Waals surface area contributed by atoms with Gasteiger partial charge in [0.1, 0.15) is 0 Å². The van der Waals surface area contributed by atoms with Crippen LogP contribution >= 0.6 is 0 Å². The van der Waals surface area contributed by atoms with Gasteiger partial charge in [-0.25, -0.2) is 4.99 Å². The van der Waals surface area contributed by atoms with Crippen LogP contribution in [0, 0.1) is 0 Å². The van der Waals surface area contributed by atoms with E-state index < -0.39 is 0 Å². The average molecular weight is 359 g/mol. The molecule has 27 heavy (non-hydrogen) atoms.